The van der Waals surface area contributed by atoms with Crippen molar-refractivity contribution in [1.82, 2.24) is 19.7 Å². The maximum Gasteiger partial charge on any atom is 0.414 e. The minimum Gasteiger partial charge on any atom is -0.443 e. The average molecular weight is 459 g/mol. The topological polar surface area (TPSA) is 94.4 Å². The van der Waals surface area contributed by atoms with Gasteiger partial charge in [-0.2, -0.15) is 5.10 Å². The van der Waals surface area contributed by atoms with Gasteiger partial charge in [-0.05, 0) is 45.7 Å². The molecular formula is C22H27ClN6O3. The Labute approximate surface area is 191 Å². The van der Waals surface area contributed by atoms with E-state index in [1.165, 1.54) is 4.90 Å². The number of carbonyl (C=O) groups is 1. The zero-order chi connectivity index (χ0) is 22.9. The average Bonchev–Trinajstić information content (AvgIpc) is 3.12. The van der Waals surface area contributed by atoms with Gasteiger partial charge in [-0.25, -0.2) is 9.78 Å². The van der Waals surface area contributed by atoms with Crippen LogP contribution in [0, 0.1) is 0 Å². The Balaban J connectivity index is 1.63. The Kier molecular flexibility index (Phi) is 6.21. The molecular weight excluding hydrogens is 432 g/mol. The number of rotatable bonds is 4. The van der Waals surface area contributed by atoms with Gasteiger partial charge in [0.1, 0.15) is 5.60 Å². The molecule has 3 aromatic heterocycles. The highest BCUT2D eigenvalue weighted by Gasteiger charge is 2.24. The first kappa shape index (κ1) is 22.3. The maximum atomic E-state index is 12.5. The number of nitrogens with one attached hydrogen (secondary N) is 1. The summed E-state index contributed by atoms with van der Waals surface area (Å²) in [5.41, 5.74) is 1.45. The number of hydrogen-bond donors (Lipinski definition) is 1. The predicted octanol–water partition coefficient (Wildman–Crippen LogP) is 4.95. The molecule has 0 spiro atoms. The number of carbonyl (C=O) groups excluding carboxylic acids is 1. The third kappa shape index (κ3) is 4.78. The summed E-state index contributed by atoms with van der Waals surface area (Å²) in [5.74, 6) is 0.662. The number of aromatic nitrogens is 4. The van der Waals surface area contributed by atoms with Crippen LogP contribution in [0.2, 0.25) is 5.15 Å². The van der Waals surface area contributed by atoms with E-state index in [4.69, 9.17) is 26.2 Å². The van der Waals surface area contributed by atoms with Crippen LogP contribution in [0.4, 0.5) is 22.0 Å². The zero-order valence-electron chi connectivity index (χ0n) is 18.6. The fraction of sp³-hybridized carbons (Fsp3) is 0.455. The summed E-state index contributed by atoms with van der Waals surface area (Å²) in [6, 6.07) is 3.97. The molecule has 1 N–H and O–H groups in total. The Hall–Kier alpha value is -2.91. The number of nitrogens with zero attached hydrogens (tertiary/aromatic N) is 5. The first-order valence-corrected chi connectivity index (χ1v) is 10.9. The summed E-state index contributed by atoms with van der Waals surface area (Å²) in [5, 5.41) is 9.24. The molecule has 4 rings (SSSR count). The lowest BCUT2D eigenvalue weighted by Crippen LogP contribution is -2.34. The highest BCUT2D eigenvalue weighted by molar-refractivity contribution is 6.32. The Morgan fingerprint density at radius 1 is 1.31 bits per heavy atom. The van der Waals surface area contributed by atoms with E-state index < -0.39 is 11.7 Å². The number of pyridine rings is 2. The maximum absolute atomic E-state index is 12.5. The first-order valence-electron chi connectivity index (χ1n) is 10.5. The van der Waals surface area contributed by atoms with E-state index >= 15 is 0 Å². The highest BCUT2D eigenvalue weighted by Crippen LogP contribution is 2.33. The van der Waals surface area contributed by atoms with Gasteiger partial charge in [0, 0.05) is 32.7 Å². The molecule has 1 amide bonds. The molecule has 1 aliphatic heterocycles. The van der Waals surface area contributed by atoms with Crippen LogP contribution in [0.5, 0.6) is 0 Å². The number of amides is 1. The summed E-state index contributed by atoms with van der Waals surface area (Å²) < 4.78 is 13.0. The molecule has 10 heteroatoms. The third-order valence-corrected chi connectivity index (χ3v) is 5.45. The summed E-state index contributed by atoms with van der Waals surface area (Å²) in [7, 11) is 1.60. The van der Waals surface area contributed by atoms with Crippen molar-refractivity contribution in [2.75, 3.05) is 30.5 Å². The fourth-order valence-corrected chi connectivity index (χ4v) is 3.82. The molecule has 170 valence electrons. The summed E-state index contributed by atoms with van der Waals surface area (Å²) in [6.45, 7) is 6.88. The van der Waals surface area contributed by atoms with E-state index in [1.807, 2.05) is 31.5 Å². The SMILES string of the molecule is CN(C(=O)OC(C)(C)C)c1cc(Nc2nn(C3CCOCC3)c3ccncc23)cnc1Cl. The molecule has 0 unspecified atom stereocenters. The molecule has 3 aromatic rings. The largest absolute Gasteiger partial charge is 0.443 e. The molecule has 1 fully saturated rings. The number of ether oxygens (including phenoxy) is 2. The van der Waals surface area contributed by atoms with Crippen molar-refractivity contribution < 1.29 is 14.3 Å². The molecule has 0 saturated carbocycles. The van der Waals surface area contributed by atoms with Crippen molar-refractivity contribution in [3.05, 3.63) is 35.9 Å². The van der Waals surface area contributed by atoms with Gasteiger partial charge in [0.05, 0.1) is 34.5 Å². The standard InChI is InChI=1S/C22H27ClN6O3/c1-22(2,3)32-21(30)28(4)18-11-14(12-25-19(18)23)26-20-16-13-24-8-5-17(16)29(27-20)15-6-9-31-10-7-15/h5,8,11-13,15H,6-7,9-10H2,1-4H3,(H,26,27). The predicted molar refractivity (Wildman–Crippen MR) is 124 cm³/mol. The number of anilines is 3. The van der Waals surface area contributed by atoms with E-state index in [0.717, 1.165) is 37.0 Å². The lowest BCUT2D eigenvalue weighted by Gasteiger charge is -2.25. The smallest absolute Gasteiger partial charge is 0.414 e. The van der Waals surface area contributed by atoms with Crippen molar-refractivity contribution in [1.29, 1.82) is 0 Å². The molecule has 0 radical (unpaired) electrons. The minimum absolute atomic E-state index is 0.197. The van der Waals surface area contributed by atoms with Crippen molar-refractivity contribution in [2.45, 2.75) is 45.3 Å². The van der Waals surface area contributed by atoms with E-state index in [-0.39, 0.29) is 11.2 Å². The second-order valence-electron chi connectivity index (χ2n) is 8.73. The molecule has 1 aliphatic rings. The zero-order valence-corrected chi connectivity index (χ0v) is 19.4. The first-order chi connectivity index (χ1) is 15.2. The van der Waals surface area contributed by atoms with Crippen LogP contribution in [0.15, 0.2) is 30.7 Å². The molecule has 0 aromatic carbocycles. The molecule has 0 atom stereocenters. The normalized spacial score (nSPS) is 15.0. The van der Waals surface area contributed by atoms with Crippen molar-refractivity contribution in [3.63, 3.8) is 0 Å². The van der Waals surface area contributed by atoms with Gasteiger partial charge in [0.25, 0.3) is 0 Å². The van der Waals surface area contributed by atoms with Crippen LogP contribution in [0.1, 0.15) is 39.7 Å². The van der Waals surface area contributed by atoms with Crippen LogP contribution in [-0.4, -0.2) is 51.7 Å². The Bertz CT molecular complexity index is 1120. The van der Waals surface area contributed by atoms with E-state index in [1.54, 1.807) is 31.7 Å². The van der Waals surface area contributed by atoms with Crippen molar-refractivity contribution in [3.8, 4) is 0 Å². The van der Waals surface area contributed by atoms with Crippen LogP contribution >= 0.6 is 11.6 Å². The van der Waals surface area contributed by atoms with Crippen LogP contribution in [0.25, 0.3) is 10.9 Å². The molecule has 0 aliphatic carbocycles. The molecule has 0 bridgehead atoms. The summed E-state index contributed by atoms with van der Waals surface area (Å²) in [4.78, 5) is 22.3. The second kappa shape index (κ2) is 8.91. The Morgan fingerprint density at radius 3 is 2.78 bits per heavy atom. The highest BCUT2D eigenvalue weighted by atomic mass is 35.5. The minimum atomic E-state index is -0.621. The van der Waals surface area contributed by atoms with Gasteiger partial charge in [0.15, 0.2) is 11.0 Å². The Morgan fingerprint density at radius 2 is 2.06 bits per heavy atom. The van der Waals surface area contributed by atoms with Crippen molar-refractivity contribution >= 4 is 45.8 Å². The lowest BCUT2D eigenvalue weighted by atomic mass is 10.1. The molecule has 4 heterocycles. The van der Waals surface area contributed by atoms with E-state index in [0.29, 0.717) is 17.2 Å². The van der Waals surface area contributed by atoms with E-state index in [9.17, 15) is 4.79 Å². The fourth-order valence-electron chi connectivity index (χ4n) is 3.59. The third-order valence-electron chi connectivity index (χ3n) is 5.16. The molecule has 32 heavy (non-hydrogen) atoms. The van der Waals surface area contributed by atoms with Crippen LogP contribution < -0.4 is 10.2 Å². The van der Waals surface area contributed by atoms with E-state index in [2.05, 4.69) is 15.3 Å². The van der Waals surface area contributed by atoms with Gasteiger partial charge < -0.3 is 14.8 Å². The quantitative estimate of drug-likeness (QED) is 0.553. The van der Waals surface area contributed by atoms with Gasteiger partial charge >= 0.3 is 6.09 Å². The lowest BCUT2D eigenvalue weighted by molar-refractivity contribution is 0.0589. The molecule has 1 saturated heterocycles. The van der Waals surface area contributed by atoms with Crippen molar-refractivity contribution in [2.24, 2.45) is 0 Å². The van der Waals surface area contributed by atoms with Crippen LogP contribution in [-0.2, 0) is 9.47 Å². The summed E-state index contributed by atoms with van der Waals surface area (Å²) in [6.07, 6.45) is 6.46. The van der Waals surface area contributed by atoms with Gasteiger partial charge in [-0.15, -0.1) is 0 Å². The number of halogens is 1. The second-order valence-corrected chi connectivity index (χ2v) is 9.09. The monoisotopic (exact) mass is 458 g/mol. The number of hydrogen-bond acceptors (Lipinski definition) is 7. The van der Waals surface area contributed by atoms with Crippen LogP contribution in [0.3, 0.4) is 0 Å². The van der Waals surface area contributed by atoms with Gasteiger partial charge in [-0.1, -0.05) is 11.6 Å². The van der Waals surface area contributed by atoms with Gasteiger partial charge in [-0.3, -0.25) is 14.6 Å². The summed E-state index contributed by atoms with van der Waals surface area (Å²) >= 11 is 6.28. The molecule has 9 nitrogen and oxygen atoms in total. The van der Waals surface area contributed by atoms with Gasteiger partial charge in [0.2, 0.25) is 0 Å². The number of fused-ring (bicyclic) bond motifs is 1.